The summed E-state index contributed by atoms with van der Waals surface area (Å²) in [6.07, 6.45) is -3.45. The highest BCUT2D eigenvalue weighted by atomic mass is 19.4. The molecular weight excluding hydrogens is 195 g/mol. The predicted molar refractivity (Wildman–Crippen MR) is 47.8 cm³/mol. The van der Waals surface area contributed by atoms with Crippen molar-refractivity contribution >= 4 is 5.91 Å². The summed E-state index contributed by atoms with van der Waals surface area (Å²) in [6.45, 7) is 1.80. The lowest BCUT2D eigenvalue weighted by atomic mass is 10.0. The molecule has 0 rings (SSSR count). The molecule has 0 spiro atoms. The number of hydrogen-bond donors (Lipinski definition) is 0. The van der Waals surface area contributed by atoms with Gasteiger partial charge in [0.05, 0.1) is 0 Å². The van der Waals surface area contributed by atoms with Gasteiger partial charge in [-0.15, -0.1) is 0 Å². The van der Waals surface area contributed by atoms with E-state index < -0.39 is 18.0 Å². The molecule has 2 nitrogen and oxygen atoms in total. The quantitative estimate of drug-likeness (QED) is 0.699. The zero-order chi connectivity index (χ0) is 11.4. The smallest absolute Gasteiger partial charge is 0.348 e. The van der Waals surface area contributed by atoms with Crippen LogP contribution in [0, 0.1) is 5.92 Å². The van der Waals surface area contributed by atoms with Crippen LogP contribution in [0.4, 0.5) is 13.2 Å². The number of nitrogens with zero attached hydrogens (tertiary/aromatic N) is 1. The van der Waals surface area contributed by atoms with Gasteiger partial charge >= 0.3 is 6.18 Å². The molecule has 1 unspecified atom stereocenters. The standard InChI is InChI=1S/C9H16F3NO/c1-4-5-6-7(9(10,11)12)8(14)13(2)3/h7H,4-6H2,1-3H3. The number of rotatable bonds is 4. The van der Waals surface area contributed by atoms with E-state index in [9.17, 15) is 18.0 Å². The van der Waals surface area contributed by atoms with E-state index in [1.165, 1.54) is 14.1 Å². The van der Waals surface area contributed by atoms with Gasteiger partial charge in [0.25, 0.3) is 0 Å². The van der Waals surface area contributed by atoms with Gasteiger partial charge < -0.3 is 4.90 Å². The molecule has 0 saturated heterocycles. The van der Waals surface area contributed by atoms with Crippen molar-refractivity contribution in [2.45, 2.75) is 32.4 Å². The molecule has 0 aliphatic heterocycles. The molecule has 0 radical (unpaired) electrons. The average molecular weight is 211 g/mol. The minimum atomic E-state index is -4.42. The highest BCUT2D eigenvalue weighted by molar-refractivity contribution is 5.79. The van der Waals surface area contributed by atoms with Crippen molar-refractivity contribution in [3.8, 4) is 0 Å². The molecule has 1 amide bonds. The van der Waals surface area contributed by atoms with E-state index in [1.54, 1.807) is 6.92 Å². The molecule has 0 heterocycles. The van der Waals surface area contributed by atoms with Crippen molar-refractivity contribution in [1.29, 1.82) is 0 Å². The molecule has 0 aliphatic carbocycles. The third kappa shape index (κ3) is 3.98. The van der Waals surface area contributed by atoms with Crippen LogP contribution in [-0.2, 0) is 4.79 Å². The van der Waals surface area contributed by atoms with Gasteiger partial charge in [-0.05, 0) is 6.42 Å². The monoisotopic (exact) mass is 211 g/mol. The Morgan fingerprint density at radius 2 is 1.86 bits per heavy atom. The van der Waals surface area contributed by atoms with Gasteiger partial charge in [-0.3, -0.25) is 4.79 Å². The van der Waals surface area contributed by atoms with Crippen LogP contribution in [-0.4, -0.2) is 31.1 Å². The molecule has 84 valence electrons. The minimum absolute atomic E-state index is 0.114. The number of alkyl halides is 3. The van der Waals surface area contributed by atoms with Crippen LogP contribution in [0.5, 0.6) is 0 Å². The second kappa shape index (κ2) is 5.22. The Labute approximate surface area is 82.1 Å². The molecule has 0 aliphatic rings. The van der Waals surface area contributed by atoms with Crippen molar-refractivity contribution in [2.75, 3.05) is 14.1 Å². The topological polar surface area (TPSA) is 20.3 Å². The van der Waals surface area contributed by atoms with E-state index in [0.29, 0.717) is 12.8 Å². The third-order valence-electron chi connectivity index (χ3n) is 1.98. The fourth-order valence-electron chi connectivity index (χ4n) is 1.15. The number of amides is 1. The van der Waals surface area contributed by atoms with Crippen molar-refractivity contribution < 1.29 is 18.0 Å². The van der Waals surface area contributed by atoms with Crippen molar-refractivity contribution in [3.05, 3.63) is 0 Å². The Balaban J connectivity index is 4.48. The van der Waals surface area contributed by atoms with E-state index in [0.717, 1.165) is 4.90 Å². The highest BCUT2D eigenvalue weighted by Crippen LogP contribution is 2.31. The molecule has 0 bridgehead atoms. The second-order valence-electron chi connectivity index (χ2n) is 3.47. The van der Waals surface area contributed by atoms with E-state index in [1.807, 2.05) is 0 Å². The summed E-state index contributed by atoms with van der Waals surface area (Å²) in [5.41, 5.74) is 0. The van der Waals surface area contributed by atoms with Gasteiger partial charge in [-0.1, -0.05) is 19.8 Å². The number of halogens is 3. The van der Waals surface area contributed by atoms with Gasteiger partial charge in [0, 0.05) is 14.1 Å². The predicted octanol–water partition coefficient (Wildman–Crippen LogP) is 2.44. The molecule has 14 heavy (non-hydrogen) atoms. The van der Waals surface area contributed by atoms with Crippen LogP contribution < -0.4 is 0 Å². The van der Waals surface area contributed by atoms with Gasteiger partial charge in [-0.2, -0.15) is 13.2 Å². The van der Waals surface area contributed by atoms with Crippen molar-refractivity contribution in [3.63, 3.8) is 0 Å². The highest BCUT2D eigenvalue weighted by Gasteiger charge is 2.44. The summed E-state index contributed by atoms with van der Waals surface area (Å²) < 4.78 is 37.2. The average Bonchev–Trinajstić information content (AvgIpc) is 2.02. The summed E-state index contributed by atoms with van der Waals surface area (Å²) in [5, 5.41) is 0. The second-order valence-corrected chi connectivity index (χ2v) is 3.47. The minimum Gasteiger partial charge on any atom is -0.348 e. The lowest BCUT2D eigenvalue weighted by Gasteiger charge is -2.22. The molecule has 0 N–H and O–H groups in total. The molecule has 0 aromatic carbocycles. The fraction of sp³-hybridized carbons (Fsp3) is 0.889. The van der Waals surface area contributed by atoms with E-state index in [-0.39, 0.29) is 6.42 Å². The number of hydrogen-bond acceptors (Lipinski definition) is 1. The number of carbonyl (C=O) groups excluding carboxylic acids is 1. The SMILES string of the molecule is CCCCC(C(=O)N(C)C)C(F)(F)F. The fourth-order valence-corrected chi connectivity index (χ4v) is 1.15. The lowest BCUT2D eigenvalue weighted by molar-refractivity contribution is -0.189. The van der Waals surface area contributed by atoms with Crippen LogP contribution in [0.2, 0.25) is 0 Å². The van der Waals surface area contributed by atoms with E-state index >= 15 is 0 Å². The zero-order valence-corrected chi connectivity index (χ0v) is 8.69. The number of unbranched alkanes of at least 4 members (excludes halogenated alkanes) is 1. The van der Waals surface area contributed by atoms with Gasteiger partial charge in [0.15, 0.2) is 0 Å². The third-order valence-corrected chi connectivity index (χ3v) is 1.98. The summed E-state index contributed by atoms with van der Waals surface area (Å²) in [7, 11) is 2.68. The van der Waals surface area contributed by atoms with Gasteiger partial charge in [0.2, 0.25) is 5.91 Å². The molecule has 0 aromatic heterocycles. The molecule has 1 atom stereocenters. The maximum atomic E-state index is 12.4. The Hall–Kier alpha value is -0.740. The van der Waals surface area contributed by atoms with Crippen LogP contribution in [0.15, 0.2) is 0 Å². The van der Waals surface area contributed by atoms with E-state index in [4.69, 9.17) is 0 Å². The molecule has 0 saturated carbocycles. The van der Waals surface area contributed by atoms with Gasteiger partial charge in [0.1, 0.15) is 5.92 Å². The summed E-state index contributed by atoms with van der Waals surface area (Å²) in [4.78, 5) is 12.2. The summed E-state index contributed by atoms with van der Waals surface area (Å²) in [6, 6.07) is 0. The first-order valence-electron chi connectivity index (χ1n) is 4.58. The van der Waals surface area contributed by atoms with Crippen LogP contribution >= 0.6 is 0 Å². The molecular formula is C9H16F3NO. The first-order valence-corrected chi connectivity index (χ1v) is 4.58. The summed E-state index contributed by atoms with van der Waals surface area (Å²) in [5.74, 6) is -2.69. The normalized spacial score (nSPS) is 13.9. The van der Waals surface area contributed by atoms with Crippen LogP contribution in [0.3, 0.4) is 0 Å². The lowest BCUT2D eigenvalue weighted by Crippen LogP contribution is -2.38. The first kappa shape index (κ1) is 13.3. The van der Waals surface area contributed by atoms with E-state index in [2.05, 4.69) is 0 Å². The van der Waals surface area contributed by atoms with Crippen LogP contribution in [0.25, 0.3) is 0 Å². The molecule has 0 aromatic rings. The maximum Gasteiger partial charge on any atom is 0.400 e. The van der Waals surface area contributed by atoms with Crippen molar-refractivity contribution in [1.82, 2.24) is 4.90 Å². The largest absolute Gasteiger partial charge is 0.400 e. The Morgan fingerprint density at radius 1 is 1.36 bits per heavy atom. The molecule has 0 fully saturated rings. The number of carbonyl (C=O) groups is 1. The van der Waals surface area contributed by atoms with Crippen molar-refractivity contribution in [2.24, 2.45) is 5.92 Å². The Bertz CT molecular complexity index is 189. The molecule has 5 heteroatoms. The van der Waals surface area contributed by atoms with Crippen LogP contribution in [0.1, 0.15) is 26.2 Å². The summed E-state index contributed by atoms with van der Waals surface area (Å²) >= 11 is 0. The Morgan fingerprint density at radius 3 is 2.14 bits per heavy atom. The maximum absolute atomic E-state index is 12.4. The van der Waals surface area contributed by atoms with Gasteiger partial charge in [-0.25, -0.2) is 0 Å². The zero-order valence-electron chi connectivity index (χ0n) is 8.69. The Kier molecular flexibility index (Phi) is 4.94. The first-order chi connectivity index (χ1) is 6.30.